The van der Waals surface area contributed by atoms with Crippen LogP contribution in [0.15, 0.2) is 5.16 Å². The van der Waals surface area contributed by atoms with Crippen molar-refractivity contribution in [3.05, 3.63) is 0 Å². The van der Waals surface area contributed by atoms with Crippen LogP contribution in [0.5, 0.6) is 0 Å². The molecule has 0 bridgehead atoms. The molecule has 0 aliphatic rings. The monoisotopic (exact) mass is 211 g/mol. The van der Waals surface area contributed by atoms with Crippen molar-refractivity contribution in [1.29, 1.82) is 0 Å². The van der Waals surface area contributed by atoms with Gasteiger partial charge >= 0.3 is 6.09 Å². The average molecular weight is 211 g/mol. The Kier molecular flexibility index (Phi) is 2.86. The fourth-order valence-electron chi connectivity index (χ4n) is 0.298. The molecule has 1 N–H and O–H groups in total. The summed E-state index contributed by atoms with van der Waals surface area (Å²) in [5.74, 6) is 0. The Balaban J connectivity index is 4.21. The van der Waals surface area contributed by atoms with Crippen LogP contribution in [0.1, 0.15) is 18.0 Å². The van der Waals surface area contributed by atoms with Gasteiger partial charge in [0, 0.05) is 28.1 Å². The van der Waals surface area contributed by atoms with Gasteiger partial charge in [-0.1, -0.05) is 5.16 Å². The van der Waals surface area contributed by atoms with Gasteiger partial charge in [0.05, 0.1) is 11.0 Å². The zero-order chi connectivity index (χ0) is 13.0. The summed E-state index contributed by atoms with van der Waals surface area (Å²) in [4.78, 5) is 15.1. The van der Waals surface area contributed by atoms with Gasteiger partial charge < -0.3 is 5.32 Å². The third kappa shape index (κ3) is 4.62. The van der Waals surface area contributed by atoms with E-state index in [1.807, 2.05) is 0 Å². The highest BCUT2D eigenvalue weighted by Crippen LogP contribution is 2.07. The molecule has 76 valence electrons. The Hall–Kier alpha value is -0.910. The summed E-state index contributed by atoms with van der Waals surface area (Å²) < 4.78 is 30.5. The van der Waals surface area contributed by atoms with Crippen molar-refractivity contribution < 1.29 is 18.0 Å². The number of rotatable bonds is 3. The normalized spacial score (nSPS) is 18.5. The van der Waals surface area contributed by atoms with Gasteiger partial charge in [0.1, 0.15) is 0 Å². The molecule has 0 radical (unpaired) electrons. The van der Waals surface area contributed by atoms with E-state index < -0.39 is 28.6 Å². The predicted molar refractivity (Wildman–Crippen MR) is 52.2 cm³/mol. The number of nitrogens with one attached hydrogen (secondary N) is 1. The van der Waals surface area contributed by atoms with Crippen molar-refractivity contribution in [3.63, 3.8) is 0 Å². The fraction of sp³-hybridized carbons (Fsp3) is 0.714. The maximum Gasteiger partial charge on any atom is 0.433 e. The average Bonchev–Trinajstić information content (AvgIpc) is 1.99. The van der Waals surface area contributed by atoms with E-state index in [-0.39, 0.29) is 0 Å². The molecule has 1 atom stereocenters. The molecule has 0 aliphatic carbocycles. The summed E-state index contributed by atoms with van der Waals surface area (Å²) in [5, 5.41) is 4.85. The van der Waals surface area contributed by atoms with E-state index in [0.717, 1.165) is 0 Å². The van der Waals surface area contributed by atoms with Crippen LogP contribution in [0, 0.1) is 0 Å². The molecule has 0 heterocycles. The molecule has 0 aliphatic heterocycles. The van der Waals surface area contributed by atoms with Gasteiger partial charge in [-0.05, 0) is 13.8 Å². The third-order valence-corrected chi connectivity index (χ3v) is 2.93. The van der Waals surface area contributed by atoms with Crippen LogP contribution in [0.2, 0.25) is 0 Å². The summed E-state index contributed by atoms with van der Waals surface area (Å²) in [6.07, 6.45) is 1.48. The molecule has 0 aromatic carbocycles. The van der Waals surface area contributed by atoms with Crippen LogP contribution in [-0.2, 0) is 15.6 Å². The molecule has 5 nitrogen and oxygen atoms in total. The molecule has 0 fully saturated rings. The maximum atomic E-state index is 11.1. The molecular weight excluding hydrogens is 194 g/mol. The Morgan fingerprint density at radius 3 is 2.85 bits per heavy atom. The SMILES string of the molecule is [2H][13C]([2H])([2H])N[13C](=O)O/N=C\C(C)(C)S(C)=O. The third-order valence-electron chi connectivity index (χ3n) is 1.34. The lowest BCUT2D eigenvalue weighted by molar-refractivity contribution is 0.153. The van der Waals surface area contributed by atoms with Crippen molar-refractivity contribution in [3.8, 4) is 0 Å². The number of oxime groups is 1. The molecular formula is C7H14N2O3S. The minimum Gasteiger partial charge on any atom is -0.323 e. The minimum atomic E-state index is -2.62. The molecule has 13 heavy (non-hydrogen) atoms. The van der Waals surface area contributed by atoms with Crippen LogP contribution in [0.25, 0.3) is 0 Å². The zero-order valence-electron chi connectivity index (χ0n) is 10.7. The highest BCUT2D eigenvalue weighted by Gasteiger charge is 2.20. The van der Waals surface area contributed by atoms with Crippen molar-refractivity contribution in [1.82, 2.24) is 5.32 Å². The largest absolute Gasteiger partial charge is 0.433 e. The van der Waals surface area contributed by atoms with Gasteiger partial charge in [-0.15, -0.1) is 0 Å². The number of hydrogen-bond acceptors (Lipinski definition) is 4. The van der Waals surface area contributed by atoms with Crippen LogP contribution >= 0.6 is 0 Å². The number of hydrogen-bond donors (Lipinski definition) is 1. The van der Waals surface area contributed by atoms with Crippen LogP contribution in [0.4, 0.5) is 4.79 Å². The van der Waals surface area contributed by atoms with E-state index in [1.165, 1.54) is 12.5 Å². The second-order valence-corrected chi connectivity index (χ2v) is 4.76. The first kappa shape index (κ1) is 7.49. The van der Waals surface area contributed by atoms with E-state index >= 15 is 0 Å². The van der Waals surface area contributed by atoms with Crippen LogP contribution in [0.3, 0.4) is 0 Å². The molecule has 6 heteroatoms. The molecule has 0 aromatic rings. The molecule has 0 spiro atoms. The van der Waals surface area contributed by atoms with E-state index in [2.05, 4.69) is 9.99 Å². The van der Waals surface area contributed by atoms with Crippen molar-refractivity contribution >= 4 is 23.1 Å². The minimum absolute atomic E-state index is 0.750. The summed E-state index contributed by atoms with van der Waals surface area (Å²) in [7, 11) is -1.18. The number of amides is 1. The Bertz CT molecular complexity index is 314. The summed E-state index contributed by atoms with van der Waals surface area (Å²) in [5.41, 5.74) is 0. The van der Waals surface area contributed by atoms with Crippen molar-refractivity contribution in [2.75, 3.05) is 13.2 Å². The highest BCUT2D eigenvalue weighted by atomic mass is 32.2. The van der Waals surface area contributed by atoms with Crippen molar-refractivity contribution in [2.45, 2.75) is 18.6 Å². The first-order valence-corrected chi connectivity index (χ1v) is 4.97. The highest BCUT2D eigenvalue weighted by molar-refractivity contribution is 7.86. The quantitative estimate of drug-likeness (QED) is 0.319. The molecule has 0 saturated heterocycles. The lowest BCUT2D eigenvalue weighted by Crippen LogP contribution is -2.28. The van der Waals surface area contributed by atoms with Gasteiger partial charge in [-0.2, -0.15) is 0 Å². The first-order chi connectivity index (χ1) is 7.04. The van der Waals surface area contributed by atoms with Gasteiger partial charge in [0.25, 0.3) is 0 Å². The molecule has 0 saturated carbocycles. The van der Waals surface area contributed by atoms with E-state index in [9.17, 15) is 9.00 Å². The smallest absolute Gasteiger partial charge is 0.323 e. The van der Waals surface area contributed by atoms with Gasteiger partial charge in [0.2, 0.25) is 0 Å². The lowest BCUT2D eigenvalue weighted by Gasteiger charge is -2.13. The second-order valence-electron chi connectivity index (χ2n) is 2.80. The number of carbonyl (C=O) groups is 1. The molecule has 0 aromatic heterocycles. The molecule has 0 rings (SSSR count). The van der Waals surface area contributed by atoms with Gasteiger partial charge in [-0.3, -0.25) is 9.05 Å². The summed E-state index contributed by atoms with van der Waals surface area (Å²) in [6.45, 7) is 0.658. The topological polar surface area (TPSA) is 67.8 Å². The van der Waals surface area contributed by atoms with Gasteiger partial charge in [-0.25, -0.2) is 4.79 Å². The molecule has 1 amide bonds. The predicted octanol–water partition coefficient (Wildman–Crippen LogP) is 0.485. The fourth-order valence-corrected chi connectivity index (χ4v) is 0.490. The standard InChI is InChI=1S/C7H14N2O3S/c1-7(2,13(4)11)5-9-12-6(10)8-3/h5H,1-4H3,(H,8,10)/b9-5-/i3+1D3,6+1. The Labute approximate surface area is 84.2 Å². The van der Waals surface area contributed by atoms with Crippen LogP contribution < -0.4 is 5.32 Å². The Morgan fingerprint density at radius 2 is 2.38 bits per heavy atom. The maximum absolute atomic E-state index is 11.1. The lowest BCUT2D eigenvalue weighted by atomic mass is 10.2. The second kappa shape index (κ2) is 4.96. The van der Waals surface area contributed by atoms with Crippen LogP contribution in [-0.4, -0.2) is 34.5 Å². The number of nitrogens with zero attached hydrogens (tertiary/aromatic N) is 1. The summed E-state index contributed by atoms with van der Waals surface area (Å²) in [6, 6.07) is 0. The number of carbonyl (C=O) groups excluding carboxylic acids is 1. The van der Waals surface area contributed by atoms with E-state index in [4.69, 9.17) is 4.11 Å². The van der Waals surface area contributed by atoms with E-state index in [1.54, 1.807) is 19.2 Å². The first-order valence-electron chi connectivity index (χ1n) is 4.92. The molecule has 1 unspecified atom stereocenters. The van der Waals surface area contributed by atoms with Crippen molar-refractivity contribution in [2.24, 2.45) is 5.16 Å². The Morgan fingerprint density at radius 1 is 1.77 bits per heavy atom. The zero-order valence-corrected chi connectivity index (χ0v) is 8.47. The van der Waals surface area contributed by atoms with Gasteiger partial charge in [0.15, 0.2) is 0 Å². The summed E-state index contributed by atoms with van der Waals surface area (Å²) >= 11 is 0. The van der Waals surface area contributed by atoms with E-state index in [0.29, 0.717) is 0 Å².